The second kappa shape index (κ2) is 9.52. The Bertz CT molecular complexity index is 1070. The number of piperidine rings is 1. The molecule has 0 spiro atoms. The molecule has 3 aromatic rings. The Balaban J connectivity index is 1.42. The molecule has 1 aromatic heterocycles. The lowest BCUT2D eigenvalue weighted by atomic mass is 9.81. The quantitative estimate of drug-likeness (QED) is 0.553. The summed E-state index contributed by atoms with van der Waals surface area (Å²) in [6, 6.07) is 13.8. The molecule has 2 aromatic carbocycles. The highest BCUT2D eigenvalue weighted by Crippen LogP contribution is 2.32. The maximum atomic E-state index is 13.4. The van der Waals surface area contributed by atoms with E-state index in [0.717, 1.165) is 0 Å². The highest BCUT2D eigenvalue weighted by atomic mass is 32.1. The molecule has 2 heterocycles. The molecule has 2 atom stereocenters. The zero-order valence-corrected chi connectivity index (χ0v) is 19.1. The fraction of sp³-hybridized carbons (Fsp3) is 0.417. The van der Waals surface area contributed by atoms with Gasteiger partial charge in [0.1, 0.15) is 23.3 Å². The molecule has 2 N–H and O–H groups in total. The molecular formula is C24H28FN3O3S. The van der Waals surface area contributed by atoms with Crippen LogP contribution in [0.1, 0.15) is 26.7 Å². The fourth-order valence-electron chi connectivity index (χ4n) is 4.22. The molecule has 1 fully saturated rings. The highest BCUT2D eigenvalue weighted by molar-refractivity contribution is 7.22. The number of thiazole rings is 1. The van der Waals surface area contributed by atoms with Crippen LogP contribution < -0.4 is 10.1 Å². The predicted molar refractivity (Wildman–Crippen MR) is 125 cm³/mol. The first-order valence-electron chi connectivity index (χ1n) is 10.8. The fourth-order valence-corrected chi connectivity index (χ4v) is 5.12. The van der Waals surface area contributed by atoms with Crippen molar-refractivity contribution < 1.29 is 19.0 Å². The van der Waals surface area contributed by atoms with E-state index in [1.54, 1.807) is 6.07 Å². The number of anilines is 1. The van der Waals surface area contributed by atoms with Crippen molar-refractivity contribution in [3.63, 3.8) is 0 Å². The van der Waals surface area contributed by atoms with Crippen LogP contribution in [0.15, 0.2) is 48.5 Å². The van der Waals surface area contributed by atoms with Gasteiger partial charge in [-0.05, 0) is 49.1 Å². The Hall–Kier alpha value is -2.55. The van der Waals surface area contributed by atoms with Crippen molar-refractivity contribution in [2.75, 3.05) is 25.0 Å². The first-order chi connectivity index (χ1) is 15.3. The minimum absolute atomic E-state index is 0.163. The normalized spacial score (nSPS) is 21.7. The van der Waals surface area contributed by atoms with Crippen LogP contribution >= 0.6 is 11.3 Å². The number of nitrogens with zero attached hydrogens (tertiary/aromatic N) is 2. The van der Waals surface area contributed by atoms with E-state index in [4.69, 9.17) is 4.74 Å². The number of halogens is 1. The van der Waals surface area contributed by atoms with Crippen LogP contribution in [0, 0.1) is 11.7 Å². The second-order valence-corrected chi connectivity index (χ2v) is 9.82. The number of ether oxygens (including phenoxy) is 1. The third-order valence-electron chi connectivity index (χ3n) is 5.63. The number of nitrogens with one attached hydrogen (secondary N) is 1. The van der Waals surface area contributed by atoms with E-state index < -0.39 is 11.7 Å². The standard InChI is InChI=1S/C24H28FN3O3S/c1-16(2)13-24(30)10-11-28(14-21(24)31-18-6-4-3-5-7-18)15-22(29)27-23-26-19-9-8-17(25)12-20(19)32-23/h3-9,12,16,21,30H,10-11,13-15H2,1-2H3,(H,26,27,29)/t21-,24+/m0/s1. The smallest absolute Gasteiger partial charge is 0.240 e. The molecule has 1 saturated heterocycles. The monoisotopic (exact) mass is 457 g/mol. The minimum atomic E-state index is -0.950. The van der Waals surface area contributed by atoms with Gasteiger partial charge in [0.15, 0.2) is 5.13 Å². The number of benzene rings is 2. The number of hydrogen-bond donors (Lipinski definition) is 2. The topological polar surface area (TPSA) is 74.7 Å². The maximum absolute atomic E-state index is 13.4. The lowest BCUT2D eigenvalue weighted by molar-refractivity contribution is -0.129. The van der Waals surface area contributed by atoms with Crippen LogP contribution in [0.5, 0.6) is 5.75 Å². The van der Waals surface area contributed by atoms with Crippen molar-refractivity contribution in [3.05, 3.63) is 54.3 Å². The minimum Gasteiger partial charge on any atom is -0.486 e. The third kappa shape index (κ3) is 5.43. The van der Waals surface area contributed by atoms with Crippen LogP contribution in [0.25, 0.3) is 10.2 Å². The molecule has 1 amide bonds. The molecule has 0 aliphatic carbocycles. The summed E-state index contributed by atoms with van der Waals surface area (Å²) in [5.74, 6) is 0.497. The zero-order valence-electron chi connectivity index (χ0n) is 18.3. The number of amides is 1. The molecule has 4 rings (SSSR count). The summed E-state index contributed by atoms with van der Waals surface area (Å²) < 4.78 is 20.3. The molecular weight excluding hydrogens is 429 g/mol. The number of aliphatic hydroxyl groups is 1. The summed E-state index contributed by atoms with van der Waals surface area (Å²) in [4.78, 5) is 19.0. The van der Waals surface area contributed by atoms with E-state index in [0.29, 0.717) is 52.9 Å². The largest absolute Gasteiger partial charge is 0.486 e. The van der Waals surface area contributed by atoms with E-state index in [9.17, 15) is 14.3 Å². The summed E-state index contributed by atoms with van der Waals surface area (Å²) in [6.07, 6.45) is 0.711. The summed E-state index contributed by atoms with van der Waals surface area (Å²) in [5.41, 5.74) is -0.298. The van der Waals surface area contributed by atoms with E-state index in [1.807, 2.05) is 35.2 Å². The average Bonchev–Trinajstić information content (AvgIpc) is 3.12. The number of likely N-dealkylation sites (tertiary alicyclic amines) is 1. The Morgan fingerprint density at radius 1 is 1.34 bits per heavy atom. The van der Waals surface area contributed by atoms with E-state index in [1.165, 1.54) is 23.5 Å². The molecule has 32 heavy (non-hydrogen) atoms. The Morgan fingerprint density at radius 2 is 2.12 bits per heavy atom. The maximum Gasteiger partial charge on any atom is 0.240 e. The summed E-state index contributed by atoms with van der Waals surface area (Å²) in [6.45, 7) is 5.37. The van der Waals surface area contributed by atoms with Crippen molar-refractivity contribution >= 4 is 32.6 Å². The average molecular weight is 458 g/mol. The van der Waals surface area contributed by atoms with Gasteiger partial charge in [0.05, 0.1) is 16.8 Å². The van der Waals surface area contributed by atoms with Crippen LogP contribution in [-0.2, 0) is 4.79 Å². The van der Waals surface area contributed by atoms with E-state index >= 15 is 0 Å². The van der Waals surface area contributed by atoms with Gasteiger partial charge < -0.3 is 15.2 Å². The number of hydrogen-bond acceptors (Lipinski definition) is 6. The van der Waals surface area contributed by atoms with Gasteiger partial charge in [0, 0.05) is 13.1 Å². The Kier molecular flexibility index (Phi) is 6.74. The van der Waals surface area contributed by atoms with Gasteiger partial charge in [0.2, 0.25) is 5.91 Å². The molecule has 0 bridgehead atoms. The first-order valence-corrected chi connectivity index (χ1v) is 11.6. The Morgan fingerprint density at radius 3 is 2.88 bits per heavy atom. The molecule has 0 unspecified atom stereocenters. The lowest BCUT2D eigenvalue weighted by Gasteiger charge is -2.44. The van der Waals surface area contributed by atoms with Crippen molar-refractivity contribution in [3.8, 4) is 5.75 Å². The number of carbonyl (C=O) groups is 1. The van der Waals surface area contributed by atoms with Gasteiger partial charge in [-0.1, -0.05) is 43.4 Å². The summed E-state index contributed by atoms with van der Waals surface area (Å²) in [7, 11) is 0. The second-order valence-electron chi connectivity index (χ2n) is 8.79. The van der Waals surface area contributed by atoms with Crippen LogP contribution in [0.4, 0.5) is 9.52 Å². The molecule has 1 aliphatic heterocycles. The molecule has 1 aliphatic rings. The summed E-state index contributed by atoms with van der Waals surface area (Å²) in [5, 5.41) is 14.6. The Labute approximate surface area is 191 Å². The predicted octanol–water partition coefficient (Wildman–Crippen LogP) is 4.30. The van der Waals surface area contributed by atoms with Crippen LogP contribution in [0.3, 0.4) is 0 Å². The van der Waals surface area contributed by atoms with E-state index in [2.05, 4.69) is 24.1 Å². The highest BCUT2D eigenvalue weighted by Gasteiger charge is 2.43. The number of aromatic nitrogens is 1. The van der Waals surface area contributed by atoms with Gasteiger partial charge >= 0.3 is 0 Å². The number of fused-ring (bicyclic) bond motifs is 1. The molecule has 0 saturated carbocycles. The van der Waals surface area contributed by atoms with Gasteiger partial charge in [-0.25, -0.2) is 9.37 Å². The van der Waals surface area contributed by atoms with Crippen molar-refractivity contribution in [2.24, 2.45) is 5.92 Å². The SMILES string of the molecule is CC(C)C[C@]1(O)CCN(CC(=O)Nc2nc3ccc(F)cc3s2)C[C@@H]1Oc1ccccc1. The lowest BCUT2D eigenvalue weighted by Crippen LogP contribution is -2.59. The third-order valence-corrected chi connectivity index (χ3v) is 6.57. The number of carbonyl (C=O) groups excluding carboxylic acids is 1. The molecule has 170 valence electrons. The van der Waals surface area contributed by atoms with Gasteiger partial charge in [-0.3, -0.25) is 9.69 Å². The van der Waals surface area contributed by atoms with Gasteiger partial charge in [-0.15, -0.1) is 0 Å². The van der Waals surface area contributed by atoms with Crippen LogP contribution in [0.2, 0.25) is 0 Å². The zero-order chi connectivity index (χ0) is 22.7. The van der Waals surface area contributed by atoms with Crippen molar-refractivity contribution in [2.45, 2.75) is 38.4 Å². The van der Waals surface area contributed by atoms with Crippen molar-refractivity contribution in [1.29, 1.82) is 0 Å². The first kappa shape index (κ1) is 22.6. The van der Waals surface area contributed by atoms with Gasteiger partial charge in [-0.2, -0.15) is 0 Å². The number of rotatable bonds is 7. The molecule has 6 nitrogen and oxygen atoms in total. The van der Waals surface area contributed by atoms with Crippen molar-refractivity contribution in [1.82, 2.24) is 9.88 Å². The summed E-state index contributed by atoms with van der Waals surface area (Å²) >= 11 is 1.24. The molecule has 8 heteroatoms. The van der Waals surface area contributed by atoms with E-state index in [-0.39, 0.29) is 18.3 Å². The number of para-hydroxylation sites is 1. The molecule has 0 radical (unpaired) electrons. The van der Waals surface area contributed by atoms with Crippen LogP contribution in [-0.4, -0.2) is 52.2 Å². The van der Waals surface area contributed by atoms with Gasteiger partial charge in [0.25, 0.3) is 0 Å².